The largest absolute Gasteiger partial charge is 0.358 e. The van der Waals surface area contributed by atoms with Gasteiger partial charge < -0.3 is 14.9 Å². The molecule has 0 atom stereocenters. The van der Waals surface area contributed by atoms with E-state index in [9.17, 15) is 0 Å². The lowest BCUT2D eigenvalue weighted by atomic mass is 9.67. The highest BCUT2D eigenvalue weighted by atomic mass is 14.5. The van der Waals surface area contributed by atoms with Crippen LogP contribution in [0.2, 0.25) is 0 Å². The van der Waals surface area contributed by atoms with Gasteiger partial charge in [0.1, 0.15) is 0 Å². The summed E-state index contributed by atoms with van der Waals surface area (Å²) in [4.78, 5) is 0. The number of rotatable bonds is 2. The standard InChI is InChI=1S/C29H26.2CH3/c1-19-5-11-23(12-6-19)29(24-13-7-20(2)8-14-24)27-17-21(3)9-15-25(27)26-16-10-22(4)18-28(26)29;;/h5-18H,1-4H3;2*1H3/q;2*-1. The lowest BCUT2D eigenvalue weighted by Gasteiger charge is -2.34. The van der Waals surface area contributed by atoms with E-state index >= 15 is 0 Å². The summed E-state index contributed by atoms with van der Waals surface area (Å²) in [5.74, 6) is 0. The Morgan fingerprint density at radius 3 is 1.10 bits per heavy atom. The van der Waals surface area contributed by atoms with Crippen LogP contribution in [0.15, 0.2) is 84.9 Å². The van der Waals surface area contributed by atoms with Gasteiger partial charge >= 0.3 is 0 Å². The normalized spacial score (nSPS) is 12.9. The number of hydrogen-bond donors (Lipinski definition) is 0. The van der Waals surface area contributed by atoms with Crippen LogP contribution in [0, 0.1) is 42.5 Å². The predicted octanol–water partition coefficient (Wildman–Crippen LogP) is 8.18. The van der Waals surface area contributed by atoms with E-state index in [0.717, 1.165) is 0 Å². The second-order valence-corrected chi connectivity index (χ2v) is 8.58. The van der Waals surface area contributed by atoms with E-state index in [4.69, 9.17) is 0 Å². The molecule has 0 spiro atoms. The molecule has 0 unspecified atom stereocenters. The fourth-order valence-electron chi connectivity index (χ4n) is 4.95. The monoisotopic (exact) mass is 404 g/mol. The van der Waals surface area contributed by atoms with Gasteiger partial charge in [-0.1, -0.05) is 107 Å². The summed E-state index contributed by atoms with van der Waals surface area (Å²) in [7, 11) is 0. The Morgan fingerprint density at radius 2 is 0.742 bits per heavy atom. The molecular weight excluding hydrogens is 372 g/mol. The van der Waals surface area contributed by atoms with Gasteiger partial charge in [-0.2, -0.15) is 0 Å². The van der Waals surface area contributed by atoms with Crippen molar-refractivity contribution in [3.8, 4) is 11.1 Å². The van der Waals surface area contributed by atoms with Crippen LogP contribution in [0.5, 0.6) is 0 Å². The summed E-state index contributed by atoms with van der Waals surface area (Å²) >= 11 is 0. The maximum Gasteiger partial charge on any atom is 0.0713 e. The van der Waals surface area contributed by atoms with Crippen molar-refractivity contribution in [1.29, 1.82) is 0 Å². The lowest BCUT2D eigenvalue weighted by Crippen LogP contribution is -2.28. The average molecular weight is 405 g/mol. The Kier molecular flexibility index (Phi) is 5.96. The quantitative estimate of drug-likeness (QED) is 0.260. The SMILES string of the molecule is Cc1ccc(C2(c3ccc(C)cc3)c3cc(C)ccc3-c3ccc(C)cc32)cc1.[CH3-].[CH3-]. The molecule has 31 heavy (non-hydrogen) atoms. The summed E-state index contributed by atoms with van der Waals surface area (Å²) in [5.41, 5.74) is 13.1. The summed E-state index contributed by atoms with van der Waals surface area (Å²) in [6.07, 6.45) is 0. The molecule has 1 aliphatic rings. The minimum absolute atomic E-state index is 0. The number of hydrogen-bond acceptors (Lipinski definition) is 0. The van der Waals surface area contributed by atoms with E-state index in [1.807, 2.05) is 0 Å². The van der Waals surface area contributed by atoms with Gasteiger partial charge in [-0.25, -0.2) is 0 Å². The molecule has 4 aromatic rings. The van der Waals surface area contributed by atoms with Crippen molar-refractivity contribution >= 4 is 0 Å². The van der Waals surface area contributed by atoms with Gasteiger partial charge in [0, 0.05) is 0 Å². The van der Waals surface area contributed by atoms with E-state index < -0.39 is 0 Å². The van der Waals surface area contributed by atoms with E-state index in [0.29, 0.717) is 0 Å². The van der Waals surface area contributed by atoms with Crippen molar-refractivity contribution in [2.45, 2.75) is 33.1 Å². The molecule has 0 bridgehead atoms. The fraction of sp³-hybridized carbons (Fsp3) is 0.161. The van der Waals surface area contributed by atoms with Crippen molar-refractivity contribution in [1.82, 2.24) is 0 Å². The highest BCUT2D eigenvalue weighted by molar-refractivity contribution is 5.86. The molecule has 0 radical (unpaired) electrons. The summed E-state index contributed by atoms with van der Waals surface area (Å²) in [5, 5.41) is 0. The molecule has 1 aliphatic carbocycles. The maximum absolute atomic E-state index is 2.39. The Balaban J connectivity index is 0.00000136. The van der Waals surface area contributed by atoms with Gasteiger partial charge in [-0.05, 0) is 61.1 Å². The molecule has 4 aromatic carbocycles. The number of benzene rings is 4. The van der Waals surface area contributed by atoms with Gasteiger partial charge in [-0.3, -0.25) is 0 Å². The molecule has 0 N–H and O–H groups in total. The topological polar surface area (TPSA) is 0 Å². The van der Waals surface area contributed by atoms with Crippen molar-refractivity contribution < 1.29 is 0 Å². The van der Waals surface area contributed by atoms with Crippen molar-refractivity contribution in [2.24, 2.45) is 0 Å². The maximum atomic E-state index is 2.39. The molecule has 158 valence electrons. The van der Waals surface area contributed by atoms with Crippen molar-refractivity contribution in [2.75, 3.05) is 0 Å². The number of aryl methyl sites for hydroxylation is 4. The van der Waals surface area contributed by atoms with E-state index in [-0.39, 0.29) is 20.3 Å². The third-order valence-electron chi connectivity index (χ3n) is 6.42. The molecule has 0 amide bonds. The third kappa shape index (κ3) is 3.31. The molecule has 0 heteroatoms. The molecule has 0 aromatic heterocycles. The molecule has 0 fully saturated rings. The molecule has 0 saturated heterocycles. The van der Waals surface area contributed by atoms with Gasteiger partial charge in [0.05, 0.1) is 5.41 Å². The van der Waals surface area contributed by atoms with Crippen LogP contribution >= 0.6 is 0 Å². The van der Waals surface area contributed by atoms with Crippen LogP contribution in [0.3, 0.4) is 0 Å². The Labute approximate surface area is 188 Å². The first kappa shape index (κ1) is 22.6. The van der Waals surface area contributed by atoms with Crippen LogP contribution in [0.25, 0.3) is 11.1 Å². The second kappa shape index (κ2) is 8.19. The van der Waals surface area contributed by atoms with Crippen LogP contribution < -0.4 is 0 Å². The minimum atomic E-state index is -0.288. The predicted molar refractivity (Wildman–Crippen MR) is 136 cm³/mol. The smallest absolute Gasteiger partial charge is 0.0713 e. The summed E-state index contributed by atoms with van der Waals surface area (Å²) in [6, 6.07) is 32.1. The zero-order valence-corrected chi connectivity index (χ0v) is 19.6. The Bertz CT molecular complexity index is 1110. The van der Waals surface area contributed by atoms with Crippen LogP contribution in [0.1, 0.15) is 44.5 Å². The van der Waals surface area contributed by atoms with Crippen molar-refractivity contribution in [3.63, 3.8) is 0 Å². The first-order valence-electron chi connectivity index (χ1n) is 10.4. The first-order chi connectivity index (χ1) is 14.0. The summed E-state index contributed by atoms with van der Waals surface area (Å²) < 4.78 is 0. The van der Waals surface area contributed by atoms with E-state index in [2.05, 4.69) is 113 Å². The van der Waals surface area contributed by atoms with Gasteiger partial charge in [0.25, 0.3) is 0 Å². The molecule has 0 heterocycles. The van der Waals surface area contributed by atoms with Crippen LogP contribution in [-0.4, -0.2) is 0 Å². The Hall–Kier alpha value is -3.12. The van der Waals surface area contributed by atoms with Gasteiger partial charge in [-0.15, -0.1) is 0 Å². The molecule has 0 saturated carbocycles. The van der Waals surface area contributed by atoms with Gasteiger partial charge in [0.2, 0.25) is 0 Å². The first-order valence-corrected chi connectivity index (χ1v) is 10.4. The second-order valence-electron chi connectivity index (χ2n) is 8.58. The van der Waals surface area contributed by atoms with Crippen molar-refractivity contribution in [3.05, 3.63) is 144 Å². The van der Waals surface area contributed by atoms with Gasteiger partial charge in [0.15, 0.2) is 0 Å². The minimum Gasteiger partial charge on any atom is -0.358 e. The molecule has 0 nitrogen and oxygen atoms in total. The van der Waals surface area contributed by atoms with E-state index in [1.165, 1.54) is 55.6 Å². The average Bonchev–Trinajstić information content (AvgIpc) is 2.99. The Morgan fingerprint density at radius 1 is 0.419 bits per heavy atom. The summed E-state index contributed by atoms with van der Waals surface area (Å²) in [6.45, 7) is 8.72. The van der Waals surface area contributed by atoms with Crippen LogP contribution in [-0.2, 0) is 5.41 Å². The fourth-order valence-corrected chi connectivity index (χ4v) is 4.95. The zero-order valence-electron chi connectivity index (χ0n) is 19.6. The van der Waals surface area contributed by atoms with Crippen LogP contribution in [0.4, 0.5) is 0 Å². The van der Waals surface area contributed by atoms with E-state index in [1.54, 1.807) is 0 Å². The molecule has 0 aliphatic heterocycles. The molecular formula is C31H32-2. The highest BCUT2D eigenvalue weighted by Gasteiger charge is 2.46. The molecule has 5 rings (SSSR count). The lowest BCUT2D eigenvalue weighted by molar-refractivity contribution is 0.765. The highest BCUT2D eigenvalue weighted by Crippen LogP contribution is 2.56. The zero-order chi connectivity index (χ0) is 20.2. The number of fused-ring (bicyclic) bond motifs is 3. The third-order valence-corrected chi connectivity index (χ3v) is 6.42.